The zero-order valence-corrected chi connectivity index (χ0v) is 12.9. The topological polar surface area (TPSA) is 45.0 Å². The Morgan fingerprint density at radius 3 is 2.25 bits per heavy atom. The summed E-state index contributed by atoms with van der Waals surface area (Å²) in [4.78, 5) is 0. The minimum atomic E-state index is -0.607. The third-order valence-corrected chi connectivity index (χ3v) is 3.59. The molecule has 20 heavy (non-hydrogen) atoms. The first kappa shape index (κ1) is 14.9. The van der Waals surface area contributed by atoms with Crippen LogP contribution in [0.4, 0.5) is 0 Å². The third-order valence-electron chi connectivity index (χ3n) is 3.59. The van der Waals surface area contributed by atoms with Gasteiger partial charge >= 0.3 is 0 Å². The van der Waals surface area contributed by atoms with Crippen LogP contribution >= 0.6 is 0 Å². The lowest BCUT2D eigenvalue weighted by Gasteiger charge is -2.24. The van der Waals surface area contributed by atoms with Gasteiger partial charge in [0.1, 0.15) is 17.9 Å². The van der Waals surface area contributed by atoms with Gasteiger partial charge < -0.3 is 4.74 Å². The molecule has 1 saturated carbocycles. The number of benzene rings is 1. The molecule has 0 aliphatic heterocycles. The molecule has 0 saturated heterocycles. The SMILES string of the molecule is CC(C#N)(COc1ccc(C(C)(C)C)cc1)NC1CC1. The molecule has 108 valence electrons. The predicted molar refractivity (Wildman–Crippen MR) is 80.8 cm³/mol. The van der Waals surface area contributed by atoms with Crippen LogP contribution in [0.25, 0.3) is 0 Å². The summed E-state index contributed by atoms with van der Waals surface area (Å²) in [6.45, 7) is 8.84. The molecule has 0 aromatic heterocycles. The summed E-state index contributed by atoms with van der Waals surface area (Å²) in [5, 5.41) is 12.6. The van der Waals surface area contributed by atoms with Gasteiger partial charge in [0.2, 0.25) is 0 Å². The fourth-order valence-electron chi connectivity index (χ4n) is 2.06. The first-order chi connectivity index (χ1) is 9.32. The number of hydrogen-bond donors (Lipinski definition) is 1. The Labute approximate surface area is 121 Å². The van der Waals surface area contributed by atoms with E-state index >= 15 is 0 Å². The highest BCUT2D eigenvalue weighted by Gasteiger charge is 2.33. The Morgan fingerprint density at radius 1 is 1.20 bits per heavy atom. The smallest absolute Gasteiger partial charge is 0.138 e. The van der Waals surface area contributed by atoms with Gasteiger partial charge in [0.15, 0.2) is 0 Å². The Morgan fingerprint density at radius 2 is 1.80 bits per heavy atom. The van der Waals surface area contributed by atoms with E-state index < -0.39 is 5.54 Å². The number of rotatable bonds is 5. The van der Waals surface area contributed by atoms with E-state index in [0.717, 1.165) is 18.6 Å². The number of hydrogen-bond acceptors (Lipinski definition) is 3. The van der Waals surface area contributed by atoms with Crippen LogP contribution in [0.1, 0.15) is 46.1 Å². The van der Waals surface area contributed by atoms with Gasteiger partial charge in [-0.15, -0.1) is 0 Å². The van der Waals surface area contributed by atoms with Gasteiger partial charge in [-0.3, -0.25) is 5.32 Å². The van der Waals surface area contributed by atoms with Gasteiger partial charge in [-0.05, 0) is 42.9 Å². The Kier molecular flexibility index (Phi) is 4.06. The van der Waals surface area contributed by atoms with Crippen LogP contribution in [0.5, 0.6) is 5.75 Å². The summed E-state index contributed by atoms with van der Waals surface area (Å²) in [6.07, 6.45) is 2.33. The van der Waals surface area contributed by atoms with Crippen molar-refractivity contribution >= 4 is 0 Å². The van der Waals surface area contributed by atoms with Crippen LogP contribution < -0.4 is 10.1 Å². The third kappa shape index (κ3) is 3.98. The zero-order chi connectivity index (χ0) is 14.8. The minimum absolute atomic E-state index is 0.146. The van der Waals surface area contributed by atoms with Crippen LogP contribution in [0.3, 0.4) is 0 Å². The molecule has 1 unspecified atom stereocenters. The molecular weight excluding hydrogens is 248 g/mol. The molecule has 0 spiro atoms. The molecule has 0 amide bonds. The lowest BCUT2D eigenvalue weighted by atomic mass is 9.87. The highest BCUT2D eigenvalue weighted by atomic mass is 16.5. The molecule has 3 heteroatoms. The Bertz CT molecular complexity index is 491. The van der Waals surface area contributed by atoms with Crippen molar-refractivity contribution in [3.63, 3.8) is 0 Å². The van der Waals surface area contributed by atoms with E-state index in [1.807, 2.05) is 19.1 Å². The number of ether oxygens (including phenoxy) is 1. The average Bonchev–Trinajstić information content (AvgIpc) is 3.20. The molecule has 1 fully saturated rings. The van der Waals surface area contributed by atoms with Crippen LogP contribution in [0, 0.1) is 11.3 Å². The summed E-state index contributed by atoms with van der Waals surface area (Å²) >= 11 is 0. The Balaban J connectivity index is 1.94. The highest BCUT2D eigenvalue weighted by molar-refractivity contribution is 5.31. The second-order valence-electron chi connectivity index (χ2n) is 6.93. The summed E-state index contributed by atoms with van der Waals surface area (Å²) in [5.74, 6) is 0.817. The minimum Gasteiger partial charge on any atom is -0.491 e. The molecular formula is C17H24N2O. The molecule has 0 radical (unpaired) electrons. The van der Waals surface area contributed by atoms with E-state index in [9.17, 15) is 5.26 Å². The zero-order valence-electron chi connectivity index (χ0n) is 12.9. The van der Waals surface area contributed by atoms with Gasteiger partial charge in [0.05, 0.1) is 6.07 Å². The summed E-state index contributed by atoms with van der Waals surface area (Å²) < 4.78 is 5.77. The molecule has 2 rings (SSSR count). The lowest BCUT2D eigenvalue weighted by molar-refractivity contribution is 0.232. The molecule has 0 heterocycles. The van der Waals surface area contributed by atoms with E-state index in [2.05, 4.69) is 44.3 Å². The van der Waals surface area contributed by atoms with Crippen molar-refractivity contribution in [2.24, 2.45) is 0 Å². The number of nitrogens with zero attached hydrogens (tertiary/aromatic N) is 1. The lowest BCUT2D eigenvalue weighted by Crippen LogP contribution is -2.47. The molecule has 1 aliphatic carbocycles. The maximum absolute atomic E-state index is 9.30. The van der Waals surface area contributed by atoms with Gasteiger partial charge in [-0.25, -0.2) is 0 Å². The van der Waals surface area contributed by atoms with Crippen LogP contribution in [-0.2, 0) is 5.41 Å². The summed E-state index contributed by atoms with van der Waals surface area (Å²) in [5.41, 5.74) is 0.820. The molecule has 0 bridgehead atoms. The van der Waals surface area contributed by atoms with E-state index in [4.69, 9.17) is 4.74 Å². The van der Waals surface area contributed by atoms with Crippen LogP contribution in [0.15, 0.2) is 24.3 Å². The maximum Gasteiger partial charge on any atom is 0.138 e. The Hall–Kier alpha value is -1.53. The molecule has 3 nitrogen and oxygen atoms in total. The van der Waals surface area contributed by atoms with Crippen molar-refractivity contribution in [1.82, 2.24) is 5.32 Å². The van der Waals surface area contributed by atoms with Crippen molar-refractivity contribution in [2.75, 3.05) is 6.61 Å². The molecule has 1 aromatic rings. The van der Waals surface area contributed by atoms with E-state index in [1.54, 1.807) is 0 Å². The normalized spacial score (nSPS) is 18.1. The monoisotopic (exact) mass is 272 g/mol. The first-order valence-electron chi connectivity index (χ1n) is 7.25. The first-order valence-corrected chi connectivity index (χ1v) is 7.25. The van der Waals surface area contributed by atoms with Crippen LogP contribution in [0.2, 0.25) is 0 Å². The summed E-state index contributed by atoms with van der Waals surface area (Å²) in [6, 6.07) is 11.0. The molecule has 1 aromatic carbocycles. The van der Waals surface area contributed by atoms with Crippen molar-refractivity contribution in [3.05, 3.63) is 29.8 Å². The van der Waals surface area contributed by atoms with Crippen molar-refractivity contribution in [3.8, 4) is 11.8 Å². The van der Waals surface area contributed by atoms with Gasteiger partial charge in [-0.2, -0.15) is 5.26 Å². The van der Waals surface area contributed by atoms with E-state index in [1.165, 1.54) is 5.56 Å². The van der Waals surface area contributed by atoms with Gasteiger partial charge in [-0.1, -0.05) is 32.9 Å². The van der Waals surface area contributed by atoms with E-state index in [-0.39, 0.29) is 5.41 Å². The van der Waals surface area contributed by atoms with Crippen molar-refractivity contribution < 1.29 is 4.74 Å². The van der Waals surface area contributed by atoms with E-state index in [0.29, 0.717) is 12.6 Å². The van der Waals surface area contributed by atoms with Crippen molar-refractivity contribution in [2.45, 2.75) is 57.5 Å². The highest BCUT2D eigenvalue weighted by Crippen LogP contribution is 2.25. The number of nitrogens with one attached hydrogen (secondary N) is 1. The molecule has 1 atom stereocenters. The summed E-state index contributed by atoms with van der Waals surface area (Å²) in [7, 11) is 0. The van der Waals surface area contributed by atoms with Gasteiger partial charge in [0, 0.05) is 6.04 Å². The second kappa shape index (κ2) is 5.46. The fraction of sp³-hybridized carbons (Fsp3) is 0.588. The van der Waals surface area contributed by atoms with Crippen LogP contribution in [-0.4, -0.2) is 18.2 Å². The standard InChI is InChI=1S/C17H24N2O/c1-16(2,3)13-5-9-15(10-6-13)20-12-17(4,11-18)19-14-7-8-14/h5-6,9-10,14,19H,7-8,12H2,1-4H3. The molecule has 1 aliphatic rings. The maximum atomic E-state index is 9.30. The molecule has 1 N–H and O–H groups in total. The number of nitriles is 1. The average molecular weight is 272 g/mol. The predicted octanol–water partition coefficient (Wildman–Crippen LogP) is 3.40. The van der Waals surface area contributed by atoms with Crippen molar-refractivity contribution in [1.29, 1.82) is 5.26 Å². The van der Waals surface area contributed by atoms with Gasteiger partial charge in [0.25, 0.3) is 0 Å². The quantitative estimate of drug-likeness (QED) is 0.893. The second-order valence-corrected chi connectivity index (χ2v) is 6.93. The fourth-order valence-corrected chi connectivity index (χ4v) is 2.06. The largest absolute Gasteiger partial charge is 0.491 e.